The quantitative estimate of drug-likeness (QED) is 0.603. The van der Waals surface area contributed by atoms with E-state index in [9.17, 15) is 0 Å². The van der Waals surface area contributed by atoms with Crippen molar-refractivity contribution in [2.24, 2.45) is 0 Å². The lowest BCUT2D eigenvalue weighted by Gasteiger charge is -2.16. The lowest BCUT2D eigenvalue weighted by atomic mass is 10.1. The molecule has 2 N–H and O–H groups in total. The van der Waals surface area contributed by atoms with Gasteiger partial charge in [0, 0.05) is 22.4 Å². The molecule has 1 aromatic heterocycles. The van der Waals surface area contributed by atoms with E-state index in [4.69, 9.17) is 24.5 Å². The van der Waals surface area contributed by atoms with E-state index < -0.39 is 11.9 Å². The highest BCUT2D eigenvalue weighted by Gasteiger charge is 2.12. The maximum absolute atomic E-state index is 9.04. The highest BCUT2D eigenvalue weighted by atomic mass is 16.5. The summed E-state index contributed by atoms with van der Waals surface area (Å²) in [6.45, 7) is 9.06. The zero-order valence-electron chi connectivity index (χ0n) is 16.4. The first-order valence-electron chi connectivity index (χ1n) is 9.25. The highest BCUT2D eigenvalue weighted by molar-refractivity contribution is 6.26. The zero-order chi connectivity index (χ0) is 20.7. The third-order valence-corrected chi connectivity index (χ3v) is 4.84. The smallest absolute Gasteiger partial charge is 0.351 e. The molecule has 150 valence electrons. The Balaban J connectivity index is 0.000000409. The average molecular weight is 386 g/mol. The summed E-state index contributed by atoms with van der Waals surface area (Å²) in [6.07, 6.45) is 0. The van der Waals surface area contributed by atoms with Crippen LogP contribution in [0.15, 0.2) is 42.5 Å². The number of fused-ring (bicyclic) bond motifs is 3. The topological polar surface area (TPSA) is 96.0 Å². The second-order valence-corrected chi connectivity index (χ2v) is 6.35. The van der Waals surface area contributed by atoms with Crippen LogP contribution in [0.1, 0.15) is 13.8 Å². The van der Waals surface area contributed by atoms with Crippen LogP contribution in [0.5, 0.6) is 5.75 Å². The fourth-order valence-corrected chi connectivity index (χ4v) is 3.27. The van der Waals surface area contributed by atoms with Crippen LogP contribution in [0.4, 0.5) is 0 Å². The largest absolute Gasteiger partial charge is 0.539 e. The molecule has 3 aromatic rings. The number of nitrogens with one attached hydrogen (secondary N) is 1. The molecule has 0 bridgehead atoms. The summed E-state index contributed by atoms with van der Waals surface area (Å²) in [6, 6.07) is 15.1. The van der Waals surface area contributed by atoms with Gasteiger partial charge >= 0.3 is 5.97 Å². The normalized spacial score (nSPS) is 10.7. The maximum Gasteiger partial charge on any atom is 0.351 e. The molecule has 2 aromatic carbocycles. The Morgan fingerprint density at radius 1 is 1.07 bits per heavy atom. The standard InChI is InChI=1S/C19H24N2O.C2H2O4/c1-4-20(5-2)12-13-21-18-9-7-6-8-16(18)17-11-10-15(22-3)14-19(17)21;3-1(4)2(5)6/h6-11,14H,4-5,12-13H2,1-3H3;(H,3,4)(H,5,6). The number of aromatic nitrogens is 1. The van der Waals surface area contributed by atoms with Crippen molar-refractivity contribution in [3.05, 3.63) is 42.5 Å². The summed E-state index contributed by atoms with van der Waals surface area (Å²) in [5.41, 5.74) is 2.59. The van der Waals surface area contributed by atoms with E-state index in [-0.39, 0.29) is 0 Å². The molecule has 28 heavy (non-hydrogen) atoms. The van der Waals surface area contributed by atoms with Crippen molar-refractivity contribution < 1.29 is 29.4 Å². The van der Waals surface area contributed by atoms with Crippen LogP contribution >= 0.6 is 0 Å². The van der Waals surface area contributed by atoms with Gasteiger partial charge in [0.15, 0.2) is 5.97 Å². The number of rotatable bonds is 6. The van der Waals surface area contributed by atoms with Crippen LogP contribution in [-0.4, -0.2) is 48.4 Å². The number of likely N-dealkylation sites (N-methyl/N-ethyl adjacent to an activating group) is 1. The molecule has 0 saturated carbocycles. The Kier molecular flexibility index (Phi) is 7.40. The average Bonchev–Trinajstić information content (AvgIpc) is 3.02. The maximum atomic E-state index is 9.04. The molecule has 0 spiro atoms. The Labute approximate surface area is 163 Å². The summed E-state index contributed by atoms with van der Waals surface area (Å²) in [5.74, 6) is -3.09. The highest BCUT2D eigenvalue weighted by Crippen LogP contribution is 2.31. The van der Waals surface area contributed by atoms with Gasteiger partial charge in [0.05, 0.1) is 38.8 Å². The fraction of sp³-hybridized carbons (Fsp3) is 0.333. The lowest BCUT2D eigenvalue weighted by Crippen LogP contribution is -3.11. The van der Waals surface area contributed by atoms with E-state index >= 15 is 0 Å². The summed E-state index contributed by atoms with van der Waals surface area (Å²) in [5, 5.41) is 19.0. The minimum Gasteiger partial charge on any atom is -0.539 e. The molecule has 3 rings (SSSR count). The molecule has 0 fully saturated rings. The Morgan fingerprint density at radius 2 is 1.68 bits per heavy atom. The summed E-state index contributed by atoms with van der Waals surface area (Å²) >= 11 is 0. The fourth-order valence-electron chi connectivity index (χ4n) is 3.27. The molecule has 0 aliphatic heterocycles. The molecular formula is C21H26N2O5. The molecule has 0 radical (unpaired) electrons. The van der Waals surface area contributed by atoms with Gasteiger partial charge in [-0.1, -0.05) is 18.2 Å². The van der Waals surface area contributed by atoms with E-state index in [1.165, 1.54) is 34.9 Å². The number of ether oxygens (including phenoxy) is 1. The summed E-state index contributed by atoms with van der Waals surface area (Å²) in [4.78, 5) is 19.7. The number of carbonyl (C=O) groups is 2. The predicted molar refractivity (Wildman–Crippen MR) is 106 cm³/mol. The van der Waals surface area contributed by atoms with Crippen LogP contribution in [0.2, 0.25) is 0 Å². The van der Waals surface area contributed by atoms with Crippen LogP contribution in [-0.2, 0) is 16.1 Å². The summed E-state index contributed by atoms with van der Waals surface area (Å²) < 4.78 is 7.87. The molecule has 0 saturated heterocycles. The number of carbonyl (C=O) groups excluding carboxylic acids is 1. The number of quaternary nitrogens is 1. The van der Waals surface area contributed by atoms with Gasteiger partial charge in [-0.05, 0) is 32.0 Å². The van der Waals surface area contributed by atoms with E-state index in [2.05, 4.69) is 60.9 Å². The number of carboxylic acid groups (broad SMARTS) is 2. The molecule has 7 nitrogen and oxygen atoms in total. The number of hydrogen-bond acceptors (Lipinski definition) is 4. The van der Waals surface area contributed by atoms with Crippen molar-refractivity contribution in [1.29, 1.82) is 0 Å². The molecule has 0 aliphatic rings. The van der Waals surface area contributed by atoms with Gasteiger partial charge < -0.3 is 29.2 Å². The molecule has 1 heterocycles. The Hall–Kier alpha value is -3.06. The summed E-state index contributed by atoms with van der Waals surface area (Å²) in [7, 11) is 1.73. The van der Waals surface area contributed by atoms with Crippen molar-refractivity contribution >= 4 is 33.7 Å². The third-order valence-electron chi connectivity index (χ3n) is 4.84. The first-order chi connectivity index (χ1) is 13.4. The van der Waals surface area contributed by atoms with Crippen molar-refractivity contribution in [3.63, 3.8) is 0 Å². The first kappa shape index (κ1) is 21.2. The van der Waals surface area contributed by atoms with Gasteiger partial charge in [0.1, 0.15) is 5.75 Å². The monoisotopic (exact) mass is 386 g/mol. The van der Waals surface area contributed by atoms with Crippen molar-refractivity contribution in [3.8, 4) is 5.75 Å². The van der Waals surface area contributed by atoms with Crippen molar-refractivity contribution in [1.82, 2.24) is 4.57 Å². The number of hydrogen-bond donors (Lipinski definition) is 2. The Morgan fingerprint density at radius 3 is 2.25 bits per heavy atom. The van der Waals surface area contributed by atoms with Gasteiger partial charge in [-0.25, -0.2) is 4.79 Å². The van der Waals surface area contributed by atoms with E-state index in [0.29, 0.717) is 0 Å². The lowest BCUT2D eigenvalue weighted by molar-refractivity contribution is -0.897. The molecule has 7 heteroatoms. The minimum atomic E-state index is -2.07. The molecule has 0 amide bonds. The van der Waals surface area contributed by atoms with E-state index in [1.54, 1.807) is 12.0 Å². The van der Waals surface area contributed by atoms with E-state index in [0.717, 1.165) is 18.8 Å². The minimum absolute atomic E-state index is 0.923. The molecule has 0 unspecified atom stereocenters. The van der Waals surface area contributed by atoms with Crippen LogP contribution in [0.25, 0.3) is 21.8 Å². The van der Waals surface area contributed by atoms with Gasteiger partial charge in [0.2, 0.25) is 0 Å². The first-order valence-corrected chi connectivity index (χ1v) is 9.25. The number of benzene rings is 2. The number of aliphatic carboxylic acids is 2. The molecule has 0 atom stereocenters. The van der Waals surface area contributed by atoms with Crippen molar-refractivity contribution in [2.75, 3.05) is 26.7 Å². The molecule has 0 aliphatic carbocycles. The van der Waals surface area contributed by atoms with Gasteiger partial charge in [0.25, 0.3) is 0 Å². The Bertz CT molecular complexity index is 948. The zero-order valence-corrected chi connectivity index (χ0v) is 16.4. The number of para-hydroxylation sites is 1. The van der Waals surface area contributed by atoms with Crippen LogP contribution in [0.3, 0.4) is 0 Å². The SMILES string of the molecule is CC[NH+](CC)CCn1c2ccccc2c2ccc(OC)cc21.O=C([O-])C(=O)O. The second kappa shape index (κ2) is 9.75. The molecular weight excluding hydrogens is 360 g/mol. The predicted octanol–water partition coefficient (Wildman–Crippen LogP) is 0.549. The number of methoxy groups -OCH3 is 1. The van der Waals surface area contributed by atoms with Crippen molar-refractivity contribution in [2.45, 2.75) is 20.4 Å². The van der Waals surface area contributed by atoms with Gasteiger partial charge in [-0.15, -0.1) is 0 Å². The van der Waals surface area contributed by atoms with Gasteiger partial charge in [-0.2, -0.15) is 0 Å². The van der Waals surface area contributed by atoms with Crippen LogP contribution in [0, 0.1) is 0 Å². The van der Waals surface area contributed by atoms with Crippen LogP contribution < -0.4 is 14.7 Å². The number of carboxylic acids is 2. The van der Waals surface area contributed by atoms with E-state index in [1.807, 2.05) is 0 Å². The number of nitrogens with zero attached hydrogens (tertiary/aromatic N) is 1. The second-order valence-electron chi connectivity index (χ2n) is 6.35. The van der Waals surface area contributed by atoms with Gasteiger partial charge in [-0.3, -0.25) is 0 Å². The third kappa shape index (κ3) is 4.80.